The zero-order chi connectivity index (χ0) is 12.3. The number of aliphatic carboxylic acids is 1. The van der Waals surface area contributed by atoms with E-state index in [-0.39, 0.29) is 36.4 Å². The van der Waals surface area contributed by atoms with Crippen LogP contribution in [-0.2, 0) is 10.2 Å². The molecule has 0 unspecified atom stereocenters. The third kappa shape index (κ3) is 5.07. The third-order valence-electron chi connectivity index (χ3n) is 2.55. The number of carboxylic acids is 1. The molecule has 0 aliphatic rings. The Balaban J connectivity index is 0. The van der Waals surface area contributed by atoms with Gasteiger partial charge in [-0.05, 0) is 29.0 Å². The van der Waals surface area contributed by atoms with E-state index in [1.54, 1.807) is 6.92 Å². The van der Waals surface area contributed by atoms with Crippen LogP contribution in [0.15, 0.2) is 30.3 Å². The van der Waals surface area contributed by atoms with Crippen LogP contribution in [0, 0.1) is 0 Å². The Morgan fingerprint density at radius 1 is 1.24 bits per heavy atom. The average Bonchev–Trinajstić information content (AvgIpc) is 2.15. The van der Waals surface area contributed by atoms with Crippen molar-refractivity contribution >= 4 is 11.5 Å². The van der Waals surface area contributed by atoms with E-state index in [4.69, 9.17) is 5.11 Å². The maximum atomic E-state index is 10.5. The van der Waals surface area contributed by atoms with Crippen LogP contribution >= 0.6 is 0 Å². The molecule has 88 valence electrons. The molecule has 17 heavy (non-hydrogen) atoms. The summed E-state index contributed by atoms with van der Waals surface area (Å²) in [7, 11) is 0. The first-order valence-corrected chi connectivity index (χ1v) is 5.33. The predicted molar refractivity (Wildman–Crippen MR) is 67.5 cm³/mol. The summed E-state index contributed by atoms with van der Waals surface area (Å²) in [6.45, 7) is 8.27. The van der Waals surface area contributed by atoms with Gasteiger partial charge in [-0.2, -0.15) is 0 Å². The molecule has 0 heterocycles. The standard InChI is InChI=1S/C14H18O2.Na.H/c1-10(9-13(15)16)11-5-7-12(8-6-11)14(2,3)4;;/h5-9H,1-4H3,(H,15,16);;/q;+1;-1. The molecule has 1 rings (SSSR count). The van der Waals surface area contributed by atoms with Gasteiger partial charge in [0, 0.05) is 6.08 Å². The number of carboxylic acid groups (broad SMARTS) is 1. The van der Waals surface area contributed by atoms with E-state index in [2.05, 4.69) is 32.9 Å². The summed E-state index contributed by atoms with van der Waals surface area (Å²) in [6.07, 6.45) is 1.23. The fraction of sp³-hybridized carbons (Fsp3) is 0.357. The molecule has 0 amide bonds. The van der Waals surface area contributed by atoms with Crippen LogP contribution in [0.2, 0.25) is 0 Å². The van der Waals surface area contributed by atoms with Gasteiger partial charge in [-0.1, -0.05) is 45.0 Å². The summed E-state index contributed by atoms with van der Waals surface area (Å²) in [6, 6.07) is 8.04. The van der Waals surface area contributed by atoms with Crippen LogP contribution in [0.3, 0.4) is 0 Å². The normalized spacial score (nSPS) is 11.9. The van der Waals surface area contributed by atoms with E-state index in [0.717, 1.165) is 11.1 Å². The van der Waals surface area contributed by atoms with Crippen molar-refractivity contribution in [1.29, 1.82) is 0 Å². The zero-order valence-electron chi connectivity index (χ0n) is 12.2. The Kier molecular flexibility index (Phi) is 6.17. The van der Waals surface area contributed by atoms with Gasteiger partial charge in [0.1, 0.15) is 0 Å². The van der Waals surface area contributed by atoms with Crippen molar-refractivity contribution in [1.82, 2.24) is 0 Å². The van der Waals surface area contributed by atoms with Crippen molar-refractivity contribution in [2.24, 2.45) is 0 Å². The average molecular weight is 242 g/mol. The van der Waals surface area contributed by atoms with Gasteiger partial charge in [0.15, 0.2) is 0 Å². The van der Waals surface area contributed by atoms with Crippen molar-refractivity contribution in [3.05, 3.63) is 41.5 Å². The Morgan fingerprint density at radius 2 is 1.71 bits per heavy atom. The molecule has 0 aliphatic carbocycles. The minimum atomic E-state index is -0.905. The van der Waals surface area contributed by atoms with Gasteiger partial charge in [-0.3, -0.25) is 0 Å². The molecule has 0 saturated carbocycles. The Hall–Kier alpha value is -0.570. The van der Waals surface area contributed by atoms with Crippen LogP contribution in [0.1, 0.15) is 40.2 Å². The van der Waals surface area contributed by atoms with Crippen molar-refractivity contribution in [3.63, 3.8) is 0 Å². The zero-order valence-corrected chi connectivity index (χ0v) is 13.2. The van der Waals surface area contributed by atoms with E-state index in [9.17, 15) is 4.79 Å². The summed E-state index contributed by atoms with van der Waals surface area (Å²) < 4.78 is 0. The first-order valence-electron chi connectivity index (χ1n) is 5.33. The van der Waals surface area contributed by atoms with Gasteiger partial charge in [-0.25, -0.2) is 4.79 Å². The SMILES string of the molecule is CC(=CC(=O)O)c1ccc(C(C)(C)C)cc1.[H-].[Na+]. The largest absolute Gasteiger partial charge is 1.00 e. The van der Waals surface area contributed by atoms with E-state index >= 15 is 0 Å². The molecule has 0 saturated heterocycles. The minimum absolute atomic E-state index is 0. The Labute approximate surface area is 127 Å². The minimum Gasteiger partial charge on any atom is -1.00 e. The molecule has 0 aliphatic heterocycles. The molecule has 1 aromatic carbocycles. The summed E-state index contributed by atoms with van der Waals surface area (Å²) in [4.78, 5) is 10.5. The van der Waals surface area contributed by atoms with E-state index in [1.165, 1.54) is 11.6 Å². The number of hydrogen-bond acceptors (Lipinski definition) is 1. The van der Waals surface area contributed by atoms with Crippen LogP contribution in [0.4, 0.5) is 0 Å². The molecule has 0 atom stereocenters. The Morgan fingerprint density at radius 3 is 2.06 bits per heavy atom. The molecule has 2 nitrogen and oxygen atoms in total. The van der Waals surface area contributed by atoms with E-state index in [0.29, 0.717) is 0 Å². The Bertz CT molecular complexity index is 416. The molecule has 1 N–H and O–H groups in total. The molecule has 1 aromatic rings. The number of hydrogen-bond donors (Lipinski definition) is 1. The van der Waals surface area contributed by atoms with Crippen LogP contribution in [-0.4, -0.2) is 11.1 Å². The third-order valence-corrected chi connectivity index (χ3v) is 2.55. The molecule has 0 spiro atoms. The number of rotatable bonds is 2. The molecule has 0 fully saturated rings. The van der Waals surface area contributed by atoms with Gasteiger partial charge in [0.05, 0.1) is 0 Å². The molecular formula is C14H19NaO2. The second-order valence-electron chi connectivity index (χ2n) is 4.99. The van der Waals surface area contributed by atoms with Gasteiger partial charge in [-0.15, -0.1) is 0 Å². The molecule has 0 radical (unpaired) electrons. The number of allylic oxidation sites excluding steroid dienone is 1. The van der Waals surface area contributed by atoms with E-state index in [1.807, 2.05) is 12.1 Å². The van der Waals surface area contributed by atoms with Crippen molar-refractivity contribution in [2.45, 2.75) is 33.1 Å². The van der Waals surface area contributed by atoms with Gasteiger partial charge < -0.3 is 6.53 Å². The van der Waals surface area contributed by atoms with Crippen LogP contribution < -0.4 is 29.6 Å². The second-order valence-corrected chi connectivity index (χ2v) is 4.99. The summed E-state index contributed by atoms with van der Waals surface area (Å²) in [5, 5.41) is 8.65. The predicted octanol–water partition coefficient (Wildman–Crippen LogP) is 0.589. The topological polar surface area (TPSA) is 37.3 Å². The van der Waals surface area contributed by atoms with Crippen molar-refractivity contribution in [2.75, 3.05) is 0 Å². The summed E-state index contributed by atoms with van der Waals surface area (Å²) >= 11 is 0. The van der Waals surface area contributed by atoms with Gasteiger partial charge in [0.2, 0.25) is 0 Å². The maximum Gasteiger partial charge on any atom is 1.00 e. The second kappa shape index (κ2) is 6.39. The van der Waals surface area contributed by atoms with E-state index < -0.39 is 5.97 Å². The van der Waals surface area contributed by atoms with Crippen LogP contribution in [0.25, 0.3) is 5.57 Å². The van der Waals surface area contributed by atoms with Gasteiger partial charge >= 0.3 is 35.5 Å². The quantitative estimate of drug-likeness (QED) is 0.609. The van der Waals surface area contributed by atoms with Crippen LogP contribution in [0.5, 0.6) is 0 Å². The fourth-order valence-corrected chi connectivity index (χ4v) is 1.50. The van der Waals surface area contributed by atoms with Crippen molar-refractivity contribution in [3.8, 4) is 0 Å². The summed E-state index contributed by atoms with van der Waals surface area (Å²) in [5.74, 6) is -0.905. The number of carbonyl (C=O) groups is 1. The van der Waals surface area contributed by atoms with Crippen molar-refractivity contribution < 1.29 is 40.9 Å². The molecule has 0 bridgehead atoms. The molecular weight excluding hydrogens is 223 g/mol. The fourth-order valence-electron chi connectivity index (χ4n) is 1.50. The summed E-state index contributed by atoms with van der Waals surface area (Å²) in [5.41, 5.74) is 3.10. The molecule has 0 aromatic heterocycles. The first kappa shape index (κ1) is 16.4. The first-order chi connectivity index (χ1) is 7.30. The maximum absolute atomic E-state index is 10.5. The monoisotopic (exact) mass is 242 g/mol. The van der Waals surface area contributed by atoms with Gasteiger partial charge in [0.25, 0.3) is 0 Å². The molecule has 3 heteroatoms. The number of benzene rings is 1. The smallest absolute Gasteiger partial charge is 1.00 e.